The quantitative estimate of drug-likeness (QED) is 0.897. The topological polar surface area (TPSA) is 80.5 Å². The number of nitrogens with zero attached hydrogens (tertiary/aromatic N) is 1. The van der Waals surface area contributed by atoms with Gasteiger partial charge in [-0.2, -0.15) is 0 Å². The van der Waals surface area contributed by atoms with Crippen molar-refractivity contribution < 1.29 is 17.6 Å². The lowest BCUT2D eigenvalue weighted by Crippen LogP contribution is -2.33. The van der Waals surface area contributed by atoms with Crippen LogP contribution in [0.15, 0.2) is 17.0 Å². The first-order valence-electron chi connectivity index (χ1n) is 6.86. The number of carbonyl (C=O) groups excluding carboxylic acids is 1. The minimum absolute atomic E-state index is 0.191. The van der Waals surface area contributed by atoms with E-state index < -0.39 is 21.7 Å². The van der Waals surface area contributed by atoms with Gasteiger partial charge in [-0.05, 0) is 50.3 Å². The Hall–Kier alpha value is -1.47. The van der Waals surface area contributed by atoms with Crippen molar-refractivity contribution in [2.75, 3.05) is 13.1 Å². The van der Waals surface area contributed by atoms with Crippen LogP contribution in [0, 0.1) is 18.7 Å². The maximum Gasteiger partial charge on any atom is 0.256 e. The summed E-state index contributed by atoms with van der Waals surface area (Å²) in [5, 5.41) is 5.10. The zero-order valence-corrected chi connectivity index (χ0v) is 12.9. The van der Waals surface area contributed by atoms with Crippen molar-refractivity contribution in [2.45, 2.75) is 31.6 Å². The Labute approximate surface area is 124 Å². The molecule has 1 saturated carbocycles. The lowest BCUT2D eigenvalue weighted by atomic mass is 10.1. The van der Waals surface area contributed by atoms with E-state index in [1.165, 1.54) is 6.92 Å². The highest BCUT2D eigenvalue weighted by atomic mass is 32.2. The standard InChI is InChI=1S/C14H19FN2O3S/c1-3-17(8-10-4-5-10)14(18)11-7-13(21(16,19)20)9(2)6-12(11)15/h6-7,10H,3-5,8H2,1-2H3,(H2,16,19,20). The maximum absolute atomic E-state index is 14.0. The van der Waals surface area contributed by atoms with Gasteiger partial charge in [-0.1, -0.05) is 0 Å². The Balaban J connectivity index is 2.39. The molecule has 1 aromatic carbocycles. The maximum atomic E-state index is 14.0. The SMILES string of the molecule is CCN(CC1CC1)C(=O)c1cc(S(N)(=O)=O)c(C)cc1F. The van der Waals surface area contributed by atoms with E-state index in [0.29, 0.717) is 19.0 Å². The molecule has 2 rings (SSSR count). The number of halogens is 1. The fraction of sp³-hybridized carbons (Fsp3) is 0.500. The van der Waals surface area contributed by atoms with Crippen molar-refractivity contribution in [3.8, 4) is 0 Å². The highest BCUT2D eigenvalue weighted by molar-refractivity contribution is 7.89. The second-order valence-electron chi connectivity index (χ2n) is 5.43. The van der Waals surface area contributed by atoms with E-state index >= 15 is 0 Å². The van der Waals surface area contributed by atoms with Crippen molar-refractivity contribution in [3.05, 3.63) is 29.1 Å². The van der Waals surface area contributed by atoms with E-state index in [1.54, 1.807) is 4.90 Å². The summed E-state index contributed by atoms with van der Waals surface area (Å²) in [6, 6.07) is 2.08. The van der Waals surface area contributed by atoms with Gasteiger partial charge in [0.05, 0.1) is 10.5 Å². The van der Waals surface area contributed by atoms with E-state index in [1.807, 2.05) is 6.92 Å². The van der Waals surface area contributed by atoms with Crippen LogP contribution in [0.2, 0.25) is 0 Å². The van der Waals surface area contributed by atoms with E-state index in [0.717, 1.165) is 25.0 Å². The molecule has 21 heavy (non-hydrogen) atoms. The zero-order valence-electron chi connectivity index (χ0n) is 12.1. The summed E-state index contributed by atoms with van der Waals surface area (Å²) in [4.78, 5) is 13.7. The molecule has 0 saturated heterocycles. The summed E-state index contributed by atoms with van der Waals surface area (Å²) in [7, 11) is -3.99. The van der Waals surface area contributed by atoms with E-state index in [4.69, 9.17) is 5.14 Å². The molecule has 2 N–H and O–H groups in total. The van der Waals surface area contributed by atoms with Crippen molar-refractivity contribution in [3.63, 3.8) is 0 Å². The summed E-state index contributed by atoms with van der Waals surface area (Å²) >= 11 is 0. The molecule has 0 atom stereocenters. The second kappa shape index (κ2) is 5.73. The van der Waals surface area contributed by atoms with Gasteiger partial charge in [-0.25, -0.2) is 17.9 Å². The third-order valence-corrected chi connectivity index (χ3v) is 4.70. The molecule has 5 nitrogen and oxygen atoms in total. The van der Waals surface area contributed by atoms with Gasteiger partial charge < -0.3 is 4.90 Å². The van der Waals surface area contributed by atoms with Gasteiger partial charge in [0.15, 0.2) is 0 Å². The number of rotatable bonds is 5. The summed E-state index contributed by atoms with van der Waals surface area (Å²) < 4.78 is 37.0. The predicted molar refractivity (Wildman–Crippen MR) is 76.8 cm³/mol. The number of sulfonamides is 1. The molecule has 0 aliphatic heterocycles. The van der Waals surface area contributed by atoms with Crippen LogP contribution < -0.4 is 5.14 Å². The van der Waals surface area contributed by atoms with E-state index in [2.05, 4.69) is 0 Å². The van der Waals surface area contributed by atoms with E-state index in [-0.39, 0.29) is 16.0 Å². The minimum atomic E-state index is -3.99. The molecular formula is C14H19FN2O3S. The third-order valence-electron chi connectivity index (χ3n) is 3.65. The third kappa shape index (κ3) is 3.59. The molecular weight excluding hydrogens is 295 g/mol. The number of carbonyl (C=O) groups is 1. The summed E-state index contributed by atoms with van der Waals surface area (Å²) in [5.74, 6) is -0.744. The van der Waals surface area contributed by atoms with Gasteiger partial charge in [0.2, 0.25) is 10.0 Å². The van der Waals surface area contributed by atoms with Crippen LogP contribution in [-0.4, -0.2) is 32.3 Å². The first-order chi connectivity index (χ1) is 9.74. The Morgan fingerprint density at radius 3 is 2.52 bits per heavy atom. The monoisotopic (exact) mass is 314 g/mol. The van der Waals surface area contributed by atoms with Crippen molar-refractivity contribution in [1.29, 1.82) is 0 Å². The number of aryl methyl sites for hydroxylation is 1. The molecule has 7 heteroatoms. The Morgan fingerprint density at radius 2 is 2.05 bits per heavy atom. The fourth-order valence-electron chi connectivity index (χ4n) is 2.26. The van der Waals surface area contributed by atoms with Crippen LogP contribution in [0.1, 0.15) is 35.7 Å². The number of benzene rings is 1. The van der Waals surface area contributed by atoms with Crippen molar-refractivity contribution >= 4 is 15.9 Å². The summed E-state index contributed by atoms with van der Waals surface area (Å²) in [5.41, 5.74) is -0.0519. The molecule has 0 radical (unpaired) electrons. The fourth-order valence-corrected chi connectivity index (χ4v) is 3.05. The van der Waals surface area contributed by atoms with Gasteiger partial charge in [0.25, 0.3) is 5.91 Å². The summed E-state index contributed by atoms with van der Waals surface area (Å²) in [6.45, 7) is 4.28. The van der Waals surface area contributed by atoms with Gasteiger partial charge >= 0.3 is 0 Å². The van der Waals surface area contributed by atoms with Crippen LogP contribution in [0.25, 0.3) is 0 Å². The molecule has 1 aromatic rings. The van der Waals surface area contributed by atoms with Crippen molar-refractivity contribution in [1.82, 2.24) is 4.90 Å². The number of nitrogens with two attached hydrogens (primary N) is 1. The molecule has 0 bridgehead atoms. The van der Waals surface area contributed by atoms with Crippen molar-refractivity contribution in [2.24, 2.45) is 11.1 Å². The van der Waals surface area contributed by atoms with Gasteiger partial charge in [0.1, 0.15) is 5.82 Å². The Kier molecular flexibility index (Phi) is 4.34. The Bertz CT molecular complexity index is 669. The molecule has 1 aliphatic carbocycles. The molecule has 1 aliphatic rings. The van der Waals surface area contributed by atoms with Gasteiger partial charge in [0, 0.05) is 13.1 Å². The number of hydrogen-bond donors (Lipinski definition) is 1. The highest BCUT2D eigenvalue weighted by Crippen LogP contribution is 2.30. The number of amides is 1. The van der Waals surface area contributed by atoms with Gasteiger partial charge in [-0.3, -0.25) is 4.79 Å². The van der Waals surface area contributed by atoms with Crippen LogP contribution >= 0.6 is 0 Å². The number of primary sulfonamides is 1. The zero-order chi connectivity index (χ0) is 15.8. The Morgan fingerprint density at radius 1 is 1.43 bits per heavy atom. The largest absolute Gasteiger partial charge is 0.339 e. The van der Waals surface area contributed by atoms with Crippen LogP contribution in [0.4, 0.5) is 4.39 Å². The molecule has 1 amide bonds. The van der Waals surface area contributed by atoms with Crippen LogP contribution in [0.5, 0.6) is 0 Å². The minimum Gasteiger partial charge on any atom is -0.339 e. The average molecular weight is 314 g/mol. The number of hydrogen-bond acceptors (Lipinski definition) is 3. The van der Waals surface area contributed by atoms with Gasteiger partial charge in [-0.15, -0.1) is 0 Å². The summed E-state index contributed by atoms with van der Waals surface area (Å²) in [6.07, 6.45) is 2.14. The van der Waals surface area contributed by atoms with E-state index in [9.17, 15) is 17.6 Å². The highest BCUT2D eigenvalue weighted by Gasteiger charge is 2.28. The average Bonchev–Trinajstić information content (AvgIpc) is 3.17. The lowest BCUT2D eigenvalue weighted by Gasteiger charge is -2.21. The first kappa shape index (κ1) is 15.9. The lowest BCUT2D eigenvalue weighted by molar-refractivity contribution is 0.0752. The first-order valence-corrected chi connectivity index (χ1v) is 8.41. The molecule has 0 aromatic heterocycles. The molecule has 1 fully saturated rings. The van der Waals surface area contributed by atoms with Crippen LogP contribution in [-0.2, 0) is 10.0 Å². The normalized spacial score (nSPS) is 15.0. The van der Waals surface area contributed by atoms with Crippen LogP contribution in [0.3, 0.4) is 0 Å². The predicted octanol–water partition coefficient (Wildman–Crippen LogP) is 1.65. The molecule has 116 valence electrons. The molecule has 0 spiro atoms. The second-order valence-corrected chi connectivity index (χ2v) is 6.96. The molecule has 0 heterocycles. The molecule has 0 unspecified atom stereocenters. The smallest absolute Gasteiger partial charge is 0.256 e.